The van der Waals surface area contributed by atoms with Crippen LogP contribution in [0.25, 0.3) is 0 Å². The number of ether oxygens (including phenoxy) is 2. The zero-order valence-electron chi connectivity index (χ0n) is 19.1. The molecule has 2 heterocycles. The number of hydrogen-bond acceptors (Lipinski definition) is 6. The summed E-state index contributed by atoms with van der Waals surface area (Å²) in [4.78, 5) is 56.2. The highest BCUT2D eigenvalue weighted by Crippen LogP contribution is 2.57. The second-order valence-electron chi connectivity index (χ2n) is 8.97. The Labute approximate surface area is 211 Å². The lowest BCUT2D eigenvalue weighted by Gasteiger charge is -2.27. The highest BCUT2D eigenvalue weighted by Gasteiger charge is 2.74. The summed E-state index contributed by atoms with van der Waals surface area (Å²) in [5, 5.41) is 0.446. The second-order valence-corrected chi connectivity index (χ2v) is 9.41. The molecule has 3 aromatic rings. The minimum Gasteiger partial charge on any atom is -0.494 e. The van der Waals surface area contributed by atoms with E-state index in [0.717, 1.165) is 4.90 Å². The molecule has 8 heteroatoms. The van der Waals surface area contributed by atoms with Gasteiger partial charge in [0.25, 0.3) is 0 Å². The number of Topliss-reactive ketones (excluding diaryl/α,β-unsaturated/α-hetero) is 2. The van der Waals surface area contributed by atoms with E-state index in [4.69, 9.17) is 21.1 Å². The number of benzene rings is 3. The molecule has 2 amide bonds. The van der Waals surface area contributed by atoms with Gasteiger partial charge >= 0.3 is 0 Å². The van der Waals surface area contributed by atoms with Crippen molar-refractivity contribution in [1.82, 2.24) is 0 Å². The number of anilines is 1. The fourth-order valence-electron chi connectivity index (χ4n) is 5.58. The zero-order chi connectivity index (χ0) is 25.2. The molecule has 180 valence electrons. The quantitative estimate of drug-likeness (QED) is 0.388. The number of rotatable bonds is 4. The lowest BCUT2D eigenvalue weighted by molar-refractivity contribution is -0.127. The first kappa shape index (κ1) is 22.6. The van der Waals surface area contributed by atoms with Gasteiger partial charge in [0.1, 0.15) is 5.75 Å². The van der Waals surface area contributed by atoms with Crippen LogP contribution in [0.3, 0.4) is 0 Å². The maximum absolute atomic E-state index is 13.9. The van der Waals surface area contributed by atoms with Gasteiger partial charge in [-0.2, -0.15) is 0 Å². The average Bonchev–Trinajstić information content (AvgIpc) is 3.45. The third kappa shape index (κ3) is 2.96. The second kappa shape index (κ2) is 8.11. The number of fused-ring (bicyclic) bond motifs is 3. The molecule has 3 atom stereocenters. The van der Waals surface area contributed by atoms with Crippen molar-refractivity contribution < 1.29 is 28.7 Å². The van der Waals surface area contributed by atoms with Gasteiger partial charge in [0.15, 0.2) is 0 Å². The van der Waals surface area contributed by atoms with Gasteiger partial charge in [0.2, 0.25) is 29.0 Å². The number of nitrogens with zero attached hydrogens (tertiary/aromatic N) is 1. The highest BCUT2D eigenvalue weighted by molar-refractivity contribution is 6.37. The van der Waals surface area contributed by atoms with Crippen molar-refractivity contribution in [3.8, 4) is 5.75 Å². The van der Waals surface area contributed by atoms with Crippen LogP contribution in [0.5, 0.6) is 5.75 Å². The Morgan fingerprint density at radius 3 is 2.06 bits per heavy atom. The number of amides is 2. The molecule has 2 aliphatic heterocycles. The Morgan fingerprint density at radius 2 is 1.47 bits per heavy atom. The maximum atomic E-state index is 13.9. The predicted molar refractivity (Wildman–Crippen MR) is 130 cm³/mol. The third-order valence-corrected chi connectivity index (χ3v) is 7.38. The summed E-state index contributed by atoms with van der Waals surface area (Å²) in [6.07, 6.45) is -0.985. The minimum absolute atomic E-state index is 0.193. The van der Waals surface area contributed by atoms with Crippen LogP contribution in [0.1, 0.15) is 39.3 Å². The molecular formula is C28H20ClNO6. The molecule has 0 saturated carbocycles. The van der Waals surface area contributed by atoms with E-state index in [9.17, 15) is 19.2 Å². The zero-order valence-corrected chi connectivity index (χ0v) is 19.9. The standard InChI is InChI=1S/C28H20ClNO6/c1-2-35-18-13-7-15(8-14-18)23-21-22(27(34)30(26(21)33)17-11-9-16(29)10-12-17)28(36-23)24(31)19-5-3-4-6-20(19)25(28)32/h3-14,21-23H,2H2,1H3/t21-,22+,23+/m1/s1. The van der Waals surface area contributed by atoms with Crippen molar-refractivity contribution in [3.63, 3.8) is 0 Å². The Bertz CT molecular complexity index is 1400. The monoisotopic (exact) mass is 501 g/mol. The fourth-order valence-corrected chi connectivity index (χ4v) is 5.71. The van der Waals surface area contributed by atoms with Gasteiger partial charge in [-0.25, -0.2) is 4.90 Å². The molecule has 0 unspecified atom stereocenters. The first-order valence-corrected chi connectivity index (χ1v) is 12.0. The first-order valence-electron chi connectivity index (χ1n) is 11.6. The van der Waals surface area contributed by atoms with Crippen LogP contribution in [0.2, 0.25) is 5.02 Å². The molecule has 0 N–H and O–H groups in total. The molecule has 2 saturated heterocycles. The summed E-state index contributed by atoms with van der Waals surface area (Å²) in [6.45, 7) is 2.35. The number of halogens is 1. The van der Waals surface area contributed by atoms with Crippen molar-refractivity contribution in [3.05, 3.63) is 94.5 Å². The van der Waals surface area contributed by atoms with Gasteiger partial charge in [0.05, 0.1) is 30.2 Å². The van der Waals surface area contributed by atoms with E-state index < -0.39 is 46.9 Å². The van der Waals surface area contributed by atoms with Gasteiger partial charge in [0, 0.05) is 16.1 Å². The molecule has 7 nitrogen and oxygen atoms in total. The SMILES string of the molecule is CCOc1ccc([C@@H]2OC3(C(=O)c4ccccc4C3=O)[C@@H]3C(=O)N(c4ccc(Cl)cc4)C(=O)[C@H]32)cc1. The topological polar surface area (TPSA) is 90.0 Å². The first-order chi connectivity index (χ1) is 17.4. The molecule has 0 radical (unpaired) electrons. The average molecular weight is 502 g/mol. The molecule has 3 aliphatic rings. The van der Waals surface area contributed by atoms with E-state index in [0.29, 0.717) is 28.6 Å². The van der Waals surface area contributed by atoms with Crippen LogP contribution in [-0.4, -0.2) is 35.6 Å². The summed E-state index contributed by atoms with van der Waals surface area (Å²) in [5.41, 5.74) is -0.829. The summed E-state index contributed by atoms with van der Waals surface area (Å²) < 4.78 is 11.8. The third-order valence-electron chi connectivity index (χ3n) is 7.12. The van der Waals surface area contributed by atoms with Crippen molar-refractivity contribution in [1.29, 1.82) is 0 Å². The van der Waals surface area contributed by atoms with Crippen molar-refractivity contribution >= 4 is 40.7 Å². The van der Waals surface area contributed by atoms with Crippen molar-refractivity contribution in [2.75, 3.05) is 11.5 Å². The smallest absolute Gasteiger partial charge is 0.241 e. The van der Waals surface area contributed by atoms with Crippen LogP contribution in [0.15, 0.2) is 72.8 Å². The van der Waals surface area contributed by atoms with E-state index in [-0.39, 0.29) is 11.1 Å². The van der Waals surface area contributed by atoms with E-state index in [1.807, 2.05) is 6.92 Å². The minimum atomic E-state index is -2.11. The van der Waals surface area contributed by atoms with Crippen molar-refractivity contribution in [2.45, 2.75) is 18.6 Å². The van der Waals surface area contributed by atoms with Crippen LogP contribution >= 0.6 is 11.6 Å². The highest BCUT2D eigenvalue weighted by atomic mass is 35.5. The van der Waals surface area contributed by atoms with Crippen LogP contribution in [0.4, 0.5) is 5.69 Å². The van der Waals surface area contributed by atoms with Gasteiger partial charge < -0.3 is 9.47 Å². The Balaban J connectivity index is 1.50. The molecular weight excluding hydrogens is 482 g/mol. The summed E-state index contributed by atoms with van der Waals surface area (Å²) in [5.74, 6) is -4.09. The van der Waals surface area contributed by atoms with Gasteiger partial charge in [-0.15, -0.1) is 0 Å². The summed E-state index contributed by atoms with van der Waals surface area (Å²) >= 11 is 6.01. The van der Waals surface area contributed by atoms with Crippen LogP contribution in [-0.2, 0) is 14.3 Å². The maximum Gasteiger partial charge on any atom is 0.241 e. The van der Waals surface area contributed by atoms with Crippen molar-refractivity contribution in [2.24, 2.45) is 11.8 Å². The normalized spacial score (nSPS) is 23.9. The summed E-state index contributed by atoms with van der Waals surface area (Å²) in [7, 11) is 0. The molecule has 0 bridgehead atoms. The van der Waals surface area contributed by atoms with E-state index in [1.54, 1.807) is 72.8 Å². The molecule has 3 aromatic carbocycles. The largest absolute Gasteiger partial charge is 0.494 e. The predicted octanol–water partition coefficient (Wildman–Crippen LogP) is 4.43. The lowest BCUT2D eigenvalue weighted by Crippen LogP contribution is -2.51. The Kier molecular flexibility index (Phi) is 5.10. The van der Waals surface area contributed by atoms with E-state index >= 15 is 0 Å². The summed E-state index contributed by atoms with van der Waals surface area (Å²) in [6, 6.07) is 19.6. The molecule has 36 heavy (non-hydrogen) atoms. The van der Waals surface area contributed by atoms with Crippen LogP contribution in [0, 0.1) is 11.8 Å². The van der Waals surface area contributed by atoms with Gasteiger partial charge in [-0.05, 0) is 48.9 Å². The molecule has 0 aromatic heterocycles. The number of imide groups is 1. The molecule has 1 aliphatic carbocycles. The molecule has 6 rings (SSSR count). The number of ketones is 2. The van der Waals surface area contributed by atoms with Crippen LogP contribution < -0.4 is 9.64 Å². The van der Waals surface area contributed by atoms with Gasteiger partial charge in [-0.1, -0.05) is 48.0 Å². The molecule has 2 fully saturated rings. The number of carbonyl (C=O) groups is 4. The lowest BCUT2D eigenvalue weighted by atomic mass is 9.77. The molecule has 1 spiro atoms. The van der Waals surface area contributed by atoms with E-state index in [1.165, 1.54) is 0 Å². The Morgan fingerprint density at radius 1 is 0.861 bits per heavy atom. The number of hydrogen-bond donors (Lipinski definition) is 0. The Hall–Kier alpha value is -3.81. The number of carbonyl (C=O) groups excluding carboxylic acids is 4. The van der Waals surface area contributed by atoms with Gasteiger partial charge in [-0.3, -0.25) is 19.2 Å². The fraction of sp³-hybridized carbons (Fsp3) is 0.214. The van der Waals surface area contributed by atoms with E-state index in [2.05, 4.69) is 0 Å².